The zero-order valence-electron chi connectivity index (χ0n) is 12.2. The highest BCUT2D eigenvalue weighted by atomic mass is 28.4. The van der Waals surface area contributed by atoms with Crippen molar-refractivity contribution in [3.05, 3.63) is 11.6 Å². The van der Waals surface area contributed by atoms with E-state index < -0.39 is 8.32 Å². The van der Waals surface area contributed by atoms with Crippen LogP contribution in [0.5, 0.6) is 0 Å². The third-order valence-electron chi connectivity index (χ3n) is 3.33. The Kier molecular flexibility index (Phi) is 6.13. The van der Waals surface area contributed by atoms with Gasteiger partial charge >= 0.3 is 5.97 Å². The molecule has 0 aliphatic heterocycles. The average Bonchev–Trinajstić information content (AvgIpc) is 2.15. The molecule has 0 aromatic rings. The molecule has 0 saturated carbocycles. The molecule has 0 spiro atoms. The summed E-state index contributed by atoms with van der Waals surface area (Å²) in [6, 6.07) is 0. The molecule has 0 aromatic carbocycles. The fourth-order valence-electron chi connectivity index (χ4n) is 1.02. The molecule has 0 N–H and O–H groups in total. The summed E-state index contributed by atoms with van der Waals surface area (Å²) in [6.07, 6.45) is 2.30. The summed E-state index contributed by atoms with van der Waals surface area (Å²) in [5.74, 6) is -0.296. The van der Waals surface area contributed by atoms with Gasteiger partial charge in [0, 0.05) is 12.7 Å². The molecule has 4 heteroatoms. The fourth-order valence-corrected chi connectivity index (χ4v) is 2.06. The average molecular weight is 258 g/mol. The Morgan fingerprint density at radius 3 is 2.24 bits per heavy atom. The zero-order valence-corrected chi connectivity index (χ0v) is 13.2. The minimum atomic E-state index is -1.66. The molecule has 3 nitrogen and oxygen atoms in total. The number of methoxy groups -OCH3 is 1. The first-order valence-electron chi connectivity index (χ1n) is 5.99. The van der Waals surface area contributed by atoms with Gasteiger partial charge in [-0.2, -0.15) is 0 Å². The normalized spacial score (nSPS) is 13.7. The van der Waals surface area contributed by atoms with Crippen LogP contribution in [-0.4, -0.2) is 28.0 Å². The predicted octanol–water partition coefficient (Wildman–Crippen LogP) is 3.52. The van der Waals surface area contributed by atoms with Crippen LogP contribution in [-0.2, 0) is 14.0 Å². The Balaban J connectivity index is 4.17. The molecule has 0 radical (unpaired) electrons. The van der Waals surface area contributed by atoms with Gasteiger partial charge in [0.2, 0.25) is 0 Å². The van der Waals surface area contributed by atoms with E-state index in [2.05, 4.69) is 38.6 Å². The second-order valence-electron chi connectivity index (χ2n) is 5.87. The summed E-state index contributed by atoms with van der Waals surface area (Å²) in [6.45, 7) is 13.7. The Morgan fingerprint density at radius 1 is 1.29 bits per heavy atom. The second-order valence-corrected chi connectivity index (χ2v) is 10.7. The van der Waals surface area contributed by atoms with E-state index in [1.165, 1.54) is 13.2 Å². The lowest BCUT2D eigenvalue weighted by Gasteiger charge is -2.36. The highest BCUT2D eigenvalue weighted by Gasteiger charge is 2.36. The maximum Gasteiger partial charge on any atom is 0.330 e. The number of hydrogen-bond acceptors (Lipinski definition) is 3. The SMILES string of the molecule is COC(=O)/C=C(\C)CCO[Si](C)(C)C(C)(C)C. The van der Waals surface area contributed by atoms with Crippen molar-refractivity contribution in [2.45, 2.75) is 52.2 Å². The largest absolute Gasteiger partial charge is 0.466 e. The van der Waals surface area contributed by atoms with Crippen LogP contribution < -0.4 is 0 Å². The topological polar surface area (TPSA) is 35.5 Å². The molecule has 0 aliphatic rings. The maximum absolute atomic E-state index is 11.0. The highest BCUT2D eigenvalue weighted by molar-refractivity contribution is 6.74. The first kappa shape index (κ1) is 16.4. The van der Waals surface area contributed by atoms with Crippen molar-refractivity contribution in [1.29, 1.82) is 0 Å². The molecular weight excluding hydrogens is 232 g/mol. The number of ether oxygens (including phenoxy) is 1. The molecule has 0 aromatic heterocycles. The first-order valence-corrected chi connectivity index (χ1v) is 8.90. The van der Waals surface area contributed by atoms with E-state index in [1.807, 2.05) is 6.92 Å². The van der Waals surface area contributed by atoms with Gasteiger partial charge in [0.25, 0.3) is 0 Å². The van der Waals surface area contributed by atoms with Gasteiger partial charge in [0.05, 0.1) is 7.11 Å². The molecule has 0 saturated heterocycles. The second kappa shape index (κ2) is 6.35. The van der Waals surface area contributed by atoms with E-state index in [4.69, 9.17) is 4.43 Å². The summed E-state index contributed by atoms with van der Waals surface area (Å²) in [4.78, 5) is 11.0. The minimum absolute atomic E-state index is 0.229. The van der Waals surface area contributed by atoms with Crippen molar-refractivity contribution in [2.24, 2.45) is 0 Å². The van der Waals surface area contributed by atoms with Gasteiger partial charge < -0.3 is 9.16 Å². The van der Waals surface area contributed by atoms with Crippen molar-refractivity contribution in [3.63, 3.8) is 0 Å². The van der Waals surface area contributed by atoms with E-state index in [-0.39, 0.29) is 11.0 Å². The van der Waals surface area contributed by atoms with Crippen LogP contribution in [0.4, 0.5) is 0 Å². The lowest BCUT2D eigenvalue weighted by atomic mass is 10.2. The van der Waals surface area contributed by atoms with Gasteiger partial charge in [-0.05, 0) is 31.5 Å². The Bertz CT molecular complexity index is 288. The Morgan fingerprint density at radius 2 is 1.82 bits per heavy atom. The van der Waals surface area contributed by atoms with E-state index in [0.717, 1.165) is 12.0 Å². The van der Waals surface area contributed by atoms with Crippen LogP contribution in [0.2, 0.25) is 18.1 Å². The smallest absolute Gasteiger partial charge is 0.330 e. The van der Waals surface area contributed by atoms with Crippen LogP contribution in [0.1, 0.15) is 34.1 Å². The quantitative estimate of drug-likeness (QED) is 0.430. The monoisotopic (exact) mass is 258 g/mol. The lowest BCUT2D eigenvalue weighted by Crippen LogP contribution is -2.41. The molecule has 100 valence electrons. The van der Waals surface area contributed by atoms with E-state index in [1.54, 1.807) is 0 Å². The van der Waals surface area contributed by atoms with Gasteiger partial charge in [-0.3, -0.25) is 0 Å². The van der Waals surface area contributed by atoms with E-state index >= 15 is 0 Å². The molecule has 0 atom stereocenters. The summed E-state index contributed by atoms with van der Waals surface area (Å²) in [5, 5.41) is 0.229. The molecule has 0 unspecified atom stereocenters. The predicted molar refractivity (Wildman–Crippen MR) is 73.5 cm³/mol. The molecular formula is C13H26O3Si. The van der Waals surface area contributed by atoms with Gasteiger partial charge in [-0.1, -0.05) is 26.3 Å². The van der Waals surface area contributed by atoms with E-state index in [0.29, 0.717) is 6.61 Å². The molecule has 0 heterocycles. The zero-order chi connectivity index (χ0) is 13.7. The van der Waals surface area contributed by atoms with Gasteiger partial charge in [-0.15, -0.1) is 0 Å². The van der Waals surface area contributed by atoms with Gasteiger partial charge in [0.1, 0.15) is 0 Å². The maximum atomic E-state index is 11.0. The summed E-state index contributed by atoms with van der Waals surface area (Å²) >= 11 is 0. The van der Waals surface area contributed by atoms with Crippen molar-refractivity contribution < 1.29 is 14.0 Å². The lowest BCUT2D eigenvalue weighted by molar-refractivity contribution is -0.134. The van der Waals surface area contributed by atoms with Crippen LogP contribution in [0.3, 0.4) is 0 Å². The summed E-state index contributed by atoms with van der Waals surface area (Å²) in [7, 11) is -0.276. The third-order valence-corrected chi connectivity index (χ3v) is 7.87. The van der Waals surface area contributed by atoms with Gasteiger partial charge in [-0.25, -0.2) is 4.79 Å². The number of rotatable bonds is 5. The number of carbonyl (C=O) groups excluding carboxylic acids is 1. The van der Waals surface area contributed by atoms with E-state index in [9.17, 15) is 4.79 Å². The minimum Gasteiger partial charge on any atom is -0.466 e. The Labute approximate surface area is 106 Å². The molecule has 0 fully saturated rings. The molecule has 17 heavy (non-hydrogen) atoms. The van der Waals surface area contributed by atoms with Crippen LogP contribution in [0.25, 0.3) is 0 Å². The van der Waals surface area contributed by atoms with Gasteiger partial charge in [0.15, 0.2) is 8.32 Å². The highest BCUT2D eigenvalue weighted by Crippen LogP contribution is 2.36. The number of esters is 1. The standard InChI is InChI=1S/C13H26O3Si/c1-11(10-12(14)15-5)8-9-16-17(6,7)13(2,3)4/h10H,8-9H2,1-7H3/b11-10+. The molecule has 0 amide bonds. The van der Waals surface area contributed by atoms with Crippen molar-refractivity contribution >= 4 is 14.3 Å². The molecule has 0 bridgehead atoms. The summed E-state index contributed by atoms with van der Waals surface area (Å²) in [5.41, 5.74) is 0.996. The third kappa shape index (κ3) is 6.03. The number of carbonyl (C=O) groups is 1. The molecule has 0 aliphatic carbocycles. The summed E-state index contributed by atoms with van der Waals surface area (Å²) < 4.78 is 10.6. The van der Waals surface area contributed by atoms with Crippen molar-refractivity contribution in [3.8, 4) is 0 Å². The Hall–Kier alpha value is -0.613. The fraction of sp³-hybridized carbons (Fsp3) is 0.769. The molecule has 0 rings (SSSR count). The number of hydrogen-bond donors (Lipinski definition) is 0. The van der Waals surface area contributed by atoms with Crippen LogP contribution >= 0.6 is 0 Å². The first-order chi connectivity index (χ1) is 7.60. The van der Waals surface area contributed by atoms with Crippen molar-refractivity contribution in [2.75, 3.05) is 13.7 Å². The van der Waals surface area contributed by atoms with Crippen molar-refractivity contribution in [1.82, 2.24) is 0 Å². The van der Waals surface area contributed by atoms with Crippen LogP contribution in [0.15, 0.2) is 11.6 Å². The van der Waals surface area contributed by atoms with Crippen LogP contribution in [0, 0.1) is 0 Å².